The predicted molar refractivity (Wildman–Crippen MR) is 131 cm³/mol. The quantitative estimate of drug-likeness (QED) is 0.293. The lowest BCUT2D eigenvalue weighted by atomic mass is 9.95. The Morgan fingerprint density at radius 3 is 2.36 bits per heavy atom. The van der Waals surface area contributed by atoms with Gasteiger partial charge in [-0.05, 0) is 36.2 Å². The van der Waals surface area contributed by atoms with Gasteiger partial charge in [0.2, 0.25) is 0 Å². The lowest BCUT2D eigenvalue weighted by Gasteiger charge is -2.26. The number of rotatable bonds is 7. The number of likely N-dealkylation sites (tertiary alicyclic amines) is 1. The summed E-state index contributed by atoms with van der Waals surface area (Å²) in [7, 11) is 3.90. The first-order chi connectivity index (χ1) is 15.9. The summed E-state index contributed by atoms with van der Waals surface area (Å²) in [4.78, 5) is 33.7. The molecule has 8 heteroatoms. The highest BCUT2D eigenvalue weighted by Crippen LogP contribution is 2.40. The van der Waals surface area contributed by atoms with E-state index in [1.807, 2.05) is 54.0 Å². The van der Waals surface area contributed by atoms with Gasteiger partial charge in [0.1, 0.15) is 5.76 Å². The minimum absolute atomic E-state index is 0.113. The molecule has 1 atom stereocenters. The van der Waals surface area contributed by atoms with Crippen molar-refractivity contribution in [2.75, 3.05) is 25.5 Å². The molecule has 0 radical (unpaired) electrons. The Hall–Kier alpha value is -3.39. The molecule has 7 nitrogen and oxygen atoms in total. The summed E-state index contributed by atoms with van der Waals surface area (Å²) in [6, 6.07) is 14.1. The molecule has 2 aromatic carbocycles. The number of aliphatic hydroxyl groups excluding tert-OH is 1. The fraction of sp³-hybridized carbons (Fsp3) is 0.240. The molecule has 1 fully saturated rings. The van der Waals surface area contributed by atoms with E-state index in [4.69, 9.17) is 0 Å². The molecule has 3 aromatic rings. The zero-order chi connectivity index (χ0) is 23.5. The van der Waals surface area contributed by atoms with Crippen LogP contribution in [0.4, 0.5) is 5.69 Å². The molecule has 0 saturated carbocycles. The Labute approximate surface area is 201 Å². The summed E-state index contributed by atoms with van der Waals surface area (Å²) in [5.74, 6) is -1.43. The normalized spacial score (nSPS) is 17.5. The first-order valence-corrected chi connectivity index (χ1v) is 11.4. The van der Waals surface area contributed by atoms with Crippen LogP contribution in [-0.2, 0) is 16.1 Å². The van der Waals surface area contributed by atoms with Gasteiger partial charge in [0, 0.05) is 55.3 Å². The number of hydrogen-bond acceptors (Lipinski definition) is 5. The van der Waals surface area contributed by atoms with E-state index in [0.717, 1.165) is 15.7 Å². The van der Waals surface area contributed by atoms with Crippen molar-refractivity contribution in [3.05, 3.63) is 88.4 Å². The maximum absolute atomic E-state index is 13.1. The SMILES string of the molecule is CN(C)c1ccc([C@H]2/C(=C(\O)c3ccc(Br)cc3)C(=O)C(=O)N2CCCn2ccnc2)cc1. The fourth-order valence-electron chi connectivity index (χ4n) is 4.02. The molecule has 0 spiro atoms. The third-order valence-corrected chi connectivity index (χ3v) is 6.29. The molecule has 1 aromatic heterocycles. The number of halogens is 1. The number of nitrogens with zero attached hydrogens (tertiary/aromatic N) is 4. The molecular formula is C25H25BrN4O3. The highest BCUT2D eigenvalue weighted by molar-refractivity contribution is 9.10. The number of amides is 1. The standard InChI is InChI=1S/C25H25BrN4O3/c1-28(2)20-10-6-17(7-11-20)22-21(23(31)18-4-8-19(26)9-5-18)24(32)25(33)30(22)14-3-13-29-15-12-27-16-29/h4-12,15-16,22,31H,3,13-14H2,1-2H3/b23-21+/t22-/m0/s1. The summed E-state index contributed by atoms with van der Waals surface area (Å²) in [6.07, 6.45) is 5.93. The zero-order valence-electron chi connectivity index (χ0n) is 18.5. The molecule has 2 heterocycles. The van der Waals surface area contributed by atoms with Gasteiger partial charge in [-0.25, -0.2) is 4.98 Å². The Morgan fingerprint density at radius 2 is 1.76 bits per heavy atom. The minimum Gasteiger partial charge on any atom is -0.507 e. The second-order valence-electron chi connectivity index (χ2n) is 8.14. The van der Waals surface area contributed by atoms with E-state index in [1.54, 1.807) is 41.7 Å². The van der Waals surface area contributed by atoms with E-state index in [9.17, 15) is 14.7 Å². The lowest BCUT2D eigenvalue weighted by Crippen LogP contribution is -2.31. The van der Waals surface area contributed by atoms with Gasteiger partial charge < -0.3 is 19.5 Å². The summed E-state index contributed by atoms with van der Waals surface area (Å²) in [5, 5.41) is 11.1. The number of benzene rings is 2. The average Bonchev–Trinajstić information content (AvgIpc) is 3.41. The summed E-state index contributed by atoms with van der Waals surface area (Å²) in [6.45, 7) is 1.04. The highest BCUT2D eigenvalue weighted by atomic mass is 79.9. The van der Waals surface area contributed by atoms with Crippen molar-refractivity contribution in [1.29, 1.82) is 0 Å². The van der Waals surface area contributed by atoms with Crippen LogP contribution in [0.5, 0.6) is 0 Å². The zero-order valence-corrected chi connectivity index (χ0v) is 20.1. The second-order valence-corrected chi connectivity index (χ2v) is 9.06. The summed E-state index contributed by atoms with van der Waals surface area (Å²) < 4.78 is 2.79. The molecule has 0 unspecified atom stereocenters. The molecule has 170 valence electrons. The Morgan fingerprint density at radius 1 is 1.06 bits per heavy atom. The molecule has 0 aliphatic carbocycles. The number of ketones is 1. The number of imidazole rings is 1. The third kappa shape index (κ3) is 4.71. The number of aromatic nitrogens is 2. The number of Topliss-reactive ketones (excluding diaryl/α,β-unsaturated/α-hetero) is 1. The van der Waals surface area contributed by atoms with Gasteiger partial charge in [0.05, 0.1) is 17.9 Å². The third-order valence-electron chi connectivity index (χ3n) is 5.76. The molecule has 0 bridgehead atoms. The highest BCUT2D eigenvalue weighted by Gasteiger charge is 2.45. The van der Waals surface area contributed by atoms with Crippen LogP contribution in [0.3, 0.4) is 0 Å². The van der Waals surface area contributed by atoms with Gasteiger partial charge in [-0.2, -0.15) is 0 Å². The molecule has 4 rings (SSSR count). The second kappa shape index (κ2) is 9.62. The molecule has 1 aliphatic heterocycles. The van der Waals surface area contributed by atoms with E-state index in [2.05, 4.69) is 20.9 Å². The van der Waals surface area contributed by atoms with Gasteiger partial charge in [0.25, 0.3) is 11.7 Å². The predicted octanol–water partition coefficient (Wildman–Crippen LogP) is 4.22. The van der Waals surface area contributed by atoms with Crippen LogP contribution in [-0.4, -0.2) is 51.9 Å². The summed E-state index contributed by atoms with van der Waals surface area (Å²) in [5.41, 5.74) is 2.39. The molecular weight excluding hydrogens is 484 g/mol. The Bertz CT molecular complexity index is 1170. The van der Waals surface area contributed by atoms with Gasteiger partial charge in [-0.15, -0.1) is 0 Å². The number of aliphatic hydroxyl groups is 1. The fourth-order valence-corrected chi connectivity index (χ4v) is 4.28. The van der Waals surface area contributed by atoms with Crippen molar-refractivity contribution in [3.8, 4) is 0 Å². The van der Waals surface area contributed by atoms with Crippen LogP contribution in [0.25, 0.3) is 5.76 Å². The lowest BCUT2D eigenvalue weighted by molar-refractivity contribution is -0.139. The van der Waals surface area contributed by atoms with Crippen LogP contribution in [0.15, 0.2) is 77.3 Å². The molecule has 1 aliphatic rings. The van der Waals surface area contributed by atoms with E-state index in [0.29, 0.717) is 25.1 Å². The van der Waals surface area contributed by atoms with Gasteiger partial charge >= 0.3 is 0 Å². The Kier molecular flexibility index (Phi) is 6.65. The maximum Gasteiger partial charge on any atom is 0.295 e. The van der Waals surface area contributed by atoms with Crippen molar-refractivity contribution >= 4 is 39.1 Å². The molecule has 1 saturated heterocycles. The van der Waals surface area contributed by atoms with Gasteiger partial charge in [-0.1, -0.05) is 40.2 Å². The van der Waals surface area contributed by atoms with Crippen molar-refractivity contribution in [2.24, 2.45) is 0 Å². The molecule has 33 heavy (non-hydrogen) atoms. The summed E-state index contributed by atoms with van der Waals surface area (Å²) >= 11 is 3.38. The van der Waals surface area contributed by atoms with Crippen molar-refractivity contribution in [1.82, 2.24) is 14.5 Å². The van der Waals surface area contributed by atoms with Gasteiger partial charge in [0.15, 0.2) is 0 Å². The van der Waals surface area contributed by atoms with Crippen molar-refractivity contribution in [3.63, 3.8) is 0 Å². The smallest absolute Gasteiger partial charge is 0.295 e. The Balaban J connectivity index is 1.73. The number of hydrogen-bond donors (Lipinski definition) is 1. The maximum atomic E-state index is 13.1. The number of aryl methyl sites for hydroxylation is 1. The monoisotopic (exact) mass is 508 g/mol. The van der Waals surface area contributed by atoms with Gasteiger partial charge in [-0.3, -0.25) is 9.59 Å². The van der Waals surface area contributed by atoms with Crippen molar-refractivity contribution < 1.29 is 14.7 Å². The number of anilines is 1. The molecule has 1 amide bonds. The van der Waals surface area contributed by atoms with E-state index < -0.39 is 17.7 Å². The largest absolute Gasteiger partial charge is 0.507 e. The van der Waals surface area contributed by atoms with E-state index in [-0.39, 0.29) is 11.3 Å². The number of carbonyl (C=O) groups is 2. The van der Waals surface area contributed by atoms with Crippen LogP contribution >= 0.6 is 15.9 Å². The van der Waals surface area contributed by atoms with Crippen LogP contribution in [0, 0.1) is 0 Å². The van der Waals surface area contributed by atoms with Crippen LogP contribution in [0.2, 0.25) is 0 Å². The van der Waals surface area contributed by atoms with E-state index in [1.165, 1.54) is 0 Å². The van der Waals surface area contributed by atoms with Crippen LogP contribution in [0.1, 0.15) is 23.6 Å². The van der Waals surface area contributed by atoms with Crippen molar-refractivity contribution in [2.45, 2.75) is 19.0 Å². The molecule has 1 N–H and O–H groups in total. The topological polar surface area (TPSA) is 78.7 Å². The van der Waals surface area contributed by atoms with E-state index >= 15 is 0 Å². The number of carbonyl (C=O) groups excluding carboxylic acids is 2. The first-order valence-electron chi connectivity index (χ1n) is 10.6. The average molecular weight is 509 g/mol. The first kappa shape index (κ1) is 22.8. The van der Waals surface area contributed by atoms with Crippen LogP contribution < -0.4 is 4.90 Å². The minimum atomic E-state index is -0.667.